The summed E-state index contributed by atoms with van der Waals surface area (Å²) in [6, 6.07) is 7.26. The lowest BCUT2D eigenvalue weighted by Crippen LogP contribution is -2.27. The molecule has 0 saturated carbocycles. The number of aliphatic hydroxyl groups is 1. The number of ether oxygens (including phenoxy) is 3. The molecule has 0 aromatic heterocycles. The molecule has 0 amide bonds. The van der Waals surface area contributed by atoms with Gasteiger partial charge in [0.2, 0.25) is 0 Å². The van der Waals surface area contributed by atoms with E-state index in [2.05, 4.69) is 15.9 Å². The average molecular weight is 459 g/mol. The summed E-state index contributed by atoms with van der Waals surface area (Å²) in [4.78, 5) is 22.1. The van der Waals surface area contributed by atoms with Crippen molar-refractivity contribution in [2.45, 2.75) is 52.7 Å². The van der Waals surface area contributed by atoms with Crippen molar-refractivity contribution in [3.05, 3.63) is 35.9 Å². The highest BCUT2D eigenvalue weighted by Crippen LogP contribution is 2.15. The summed E-state index contributed by atoms with van der Waals surface area (Å²) in [7, 11) is 0. The zero-order valence-corrected chi connectivity index (χ0v) is 19.0. The molecule has 0 bridgehead atoms. The Morgan fingerprint density at radius 3 is 2.07 bits per heavy atom. The third-order valence-electron chi connectivity index (χ3n) is 2.58. The summed E-state index contributed by atoms with van der Waals surface area (Å²) in [5.74, 6) is -0.0303. The Balaban J connectivity index is 0.000000684. The van der Waals surface area contributed by atoms with E-state index in [4.69, 9.17) is 19.3 Å². The van der Waals surface area contributed by atoms with Crippen molar-refractivity contribution < 1.29 is 28.9 Å². The van der Waals surface area contributed by atoms with Crippen molar-refractivity contribution in [3.63, 3.8) is 0 Å². The molecule has 0 saturated heterocycles. The number of benzene rings is 1. The number of hydrogen-bond acceptors (Lipinski definition) is 6. The Morgan fingerprint density at radius 2 is 1.61 bits per heavy atom. The first kappa shape index (κ1) is 26.1. The third kappa shape index (κ3) is 15.2. The summed E-state index contributed by atoms with van der Waals surface area (Å²) in [5.41, 5.74) is 0.0348. The number of esters is 2. The molecule has 1 rings (SSSR count). The zero-order chi connectivity index (χ0) is 21.8. The lowest BCUT2D eigenvalue weighted by atomic mass is 10.2. The molecule has 0 spiro atoms. The van der Waals surface area contributed by atoms with Gasteiger partial charge in [-0.2, -0.15) is 0 Å². The lowest BCUT2D eigenvalue weighted by molar-refractivity contribution is -0.157. The molecule has 1 aromatic carbocycles. The van der Waals surface area contributed by atoms with Crippen LogP contribution < -0.4 is 4.74 Å². The number of alkyl halides is 1. The van der Waals surface area contributed by atoms with Crippen LogP contribution in [0.25, 0.3) is 6.08 Å². The molecule has 0 atom stereocenters. The van der Waals surface area contributed by atoms with E-state index >= 15 is 0 Å². The van der Waals surface area contributed by atoms with E-state index in [1.807, 2.05) is 53.7 Å². The Hall–Kier alpha value is -1.86. The average Bonchev–Trinajstić information content (AvgIpc) is 2.56. The Morgan fingerprint density at radius 1 is 1.04 bits per heavy atom. The van der Waals surface area contributed by atoms with Gasteiger partial charge in [-0.1, -0.05) is 40.2 Å². The maximum absolute atomic E-state index is 11.5. The van der Waals surface area contributed by atoms with Gasteiger partial charge in [0.25, 0.3) is 0 Å². The van der Waals surface area contributed by atoms with Crippen molar-refractivity contribution >= 4 is 33.9 Å². The van der Waals surface area contributed by atoms with Crippen LogP contribution in [-0.4, -0.2) is 46.8 Å². The van der Waals surface area contributed by atoms with Gasteiger partial charge >= 0.3 is 11.9 Å². The highest BCUT2D eigenvalue weighted by molar-refractivity contribution is 9.09. The van der Waals surface area contributed by atoms with Crippen LogP contribution in [0.1, 0.15) is 47.1 Å². The first-order valence-electron chi connectivity index (χ1n) is 8.86. The minimum absolute atomic E-state index is 0.0109. The van der Waals surface area contributed by atoms with Gasteiger partial charge in [0.05, 0.1) is 6.61 Å². The van der Waals surface area contributed by atoms with Crippen molar-refractivity contribution in [2.24, 2.45) is 0 Å². The van der Waals surface area contributed by atoms with Gasteiger partial charge in [0.15, 0.2) is 6.61 Å². The molecule has 158 valence electrons. The molecule has 1 N–H and O–H groups in total. The van der Waals surface area contributed by atoms with E-state index in [0.29, 0.717) is 5.75 Å². The van der Waals surface area contributed by atoms with E-state index in [1.165, 1.54) is 0 Å². The number of aliphatic hydroxyl groups excluding tert-OH is 1. The van der Waals surface area contributed by atoms with Gasteiger partial charge in [-0.25, -0.2) is 4.79 Å². The summed E-state index contributed by atoms with van der Waals surface area (Å²) in [6.45, 7) is 10.8. The summed E-state index contributed by atoms with van der Waals surface area (Å²) in [6.07, 6.45) is 3.41. The number of carbonyl (C=O) groups is 2. The van der Waals surface area contributed by atoms with E-state index in [9.17, 15) is 9.59 Å². The standard InChI is InChI=1S/C15H20O4.C6H11BrO2/c1-15(2,3)19-14(17)11-18-13-8-4-6-12(10-13)7-5-9-16;1-6(2,3)9-5(8)4-7/h4-8,10,16H,9,11H2,1-3H3;4H2,1-3H3/b7-5+;. The van der Waals surface area contributed by atoms with Gasteiger partial charge in [-0.05, 0) is 59.2 Å². The normalized spacial score (nSPS) is 11.4. The van der Waals surface area contributed by atoms with Crippen LogP contribution in [0.15, 0.2) is 30.3 Å². The topological polar surface area (TPSA) is 82.1 Å². The van der Waals surface area contributed by atoms with Crippen molar-refractivity contribution in [1.29, 1.82) is 0 Å². The van der Waals surface area contributed by atoms with Crippen LogP contribution in [0, 0.1) is 0 Å². The summed E-state index contributed by atoms with van der Waals surface area (Å²) >= 11 is 2.99. The Kier molecular flexibility index (Phi) is 11.7. The SMILES string of the molecule is CC(C)(C)OC(=O)CBr.CC(C)(C)OC(=O)COc1cccc(/C=C/CO)c1. The van der Waals surface area contributed by atoms with Crippen LogP contribution in [0.3, 0.4) is 0 Å². The smallest absolute Gasteiger partial charge is 0.344 e. The molecule has 0 fully saturated rings. The fraction of sp³-hybridized carbons (Fsp3) is 0.524. The molecule has 0 aliphatic rings. The molecule has 6 nitrogen and oxygen atoms in total. The van der Waals surface area contributed by atoms with Gasteiger partial charge in [0.1, 0.15) is 22.3 Å². The number of halogens is 1. The molecule has 7 heteroatoms. The first-order valence-corrected chi connectivity index (χ1v) is 9.98. The predicted molar refractivity (Wildman–Crippen MR) is 114 cm³/mol. The van der Waals surface area contributed by atoms with Crippen LogP contribution >= 0.6 is 15.9 Å². The number of carbonyl (C=O) groups excluding carboxylic acids is 2. The van der Waals surface area contributed by atoms with Crippen LogP contribution in [0.5, 0.6) is 5.75 Å². The van der Waals surface area contributed by atoms with Gasteiger partial charge in [0, 0.05) is 0 Å². The Bertz CT molecular complexity index is 641. The highest BCUT2D eigenvalue weighted by Gasteiger charge is 2.16. The largest absolute Gasteiger partial charge is 0.482 e. The number of hydrogen-bond donors (Lipinski definition) is 1. The molecule has 28 heavy (non-hydrogen) atoms. The maximum atomic E-state index is 11.5. The third-order valence-corrected chi connectivity index (χ3v) is 3.04. The molecule has 0 radical (unpaired) electrons. The second-order valence-electron chi connectivity index (χ2n) is 7.75. The Labute approximate surface area is 176 Å². The van der Waals surface area contributed by atoms with E-state index in [0.717, 1.165) is 5.56 Å². The highest BCUT2D eigenvalue weighted by atomic mass is 79.9. The quantitative estimate of drug-likeness (QED) is 0.509. The number of rotatable bonds is 6. The summed E-state index contributed by atoms with van der Waals surface area (Å²) < 4.78 is 15.4. The molecule has 0 heterocycles. The van der Waals surface area contributed by atoms with Crippen molar-refractivity contribution in [1.82, 2.24) is 0 Å². The van der Waals surface area contributed by atoms with Crippen LogP contribution in [-0.2, 0) is 19.1 Å². The monoisotopic (exact) mass is 458 g/mol. The zero-order valence-electron chi connectivity index (χ0n) is 17.5. The van der Waals surface area contributed by atoms with Crippen LogP contribution in [0.2, 0.25) is 0 Å². The molecule has 0 unspecified atom stereocenters. The van der Waals surface area contributed by atoms with Gasteiger partial charge in [-0.3, -0.25) is 4.79 Å². The van der Waals surface area contributed by atoms with E-state index in [1.54, 1.807) is 24.3 Å². The molecular weight excluding hydrogens is 428 g/mol. The second-order valence-corrected chi connectivity index (χ2v) is 8.31. The predicted octanol–water partition coefficient (Wildman–Crippen LogP) is 4.14. The summed E-state index contributed by atoms with van der Waals surface area (Å²) in [5, 5.41) is 8.97. The maximum Gasteiger partial charge on any atom is 0.344 e. The van der Waals surface area contributed by atoms with Gasteiger partial charge < -0.3 is 19.3 Å². The lowest BCUT2D eigenvalue weighted by Gasteiger charge is -2.19. The molecular formula is C21H31BrO6. The molecule has 1 aromatic rings. The van der Waals surface area contributed by atoms with E-state index in [-0.39, 0.29) is 30.1 Å². The second kappa shape index (κ2) is 12.6. The van der Waals surface area contributed by atoms with Crippen molar-refractivity contribution in [3.8, 4) is 5.75 Å². The fourth-order valence-electron chi connectivity index (χ4n) is 1.78. The van der Waals surface area contributed by atoms with Crippen LogP contribution in [0.4, 0.5) is 0 Å². The molecule has 0 aliphatic heterocycles. The first-order chi connectivity index (χ1) is 12.9. The molecule has 0 aliphatic carbocycles. The van der Waals surface area contributed by atoms with E-state index < -0.39 is 11.6 Å². The van der Waals surface area contributed by atoms with Gasteiger partial charge in [-0.15, -0.1) is 0 Å². The minimum Gasteiger partial charge on any atom is -0.482 e. The fourth-order valence-corrected chi connectivity index (χ4v) is 1.89. The van der Waals surface area contributed by atoms with Crippen molar-refractivity contribution in [2.75, 3.05) is 18.5 Å². The minimum atomic E-state index is -0.508.